The van der Waals surface area contributed by atoms with E-state index in [1.54, 1.807) is 0 Å². The number of hydrogen-bond donors (Lipinski definition) is 1. The summed E-state index contributed by atoms with van der Waals surface area (Å²) in [5, 5.41) is 0. The van der Waals surface area contributed by atoms with E-state index >= 15 is 0 Å². The van der Waals surface area contributed by atoms with Crippen LogP contribution in [0, 0.1) is 0 Å². The van der Waals surface area contributed by atoms with Gasteiger partial charge in [-0.2, -0.15) is 0 Å². The molecule has 0 aromatic carbocycles. The number of nitrogens with zero attached hydrogens (tertiary/aromatic N) is 2. The lowest BCUT2D eigenvalue weighted by Crippen LogP contribution is -2.46. The van der Waals surface area contributed by atoms with Crippen LogP contribution >= 0.6 is 0 Å². The van der Waals surface area contributed by atoms with Crippen molar-refractivity contribution in [3.05, 3.63) is 12.2 Å². The zero-order chi connectivity index (χ0) is 12.3. The minimum absolute atomic E-state index is 0.451. The highest BCUT2D eigenvalue weighted by atomic mass is 15.3. The zero-order valence-corrected chi connectivity index (χ0v) is 11.2. The largest absolute Gasteiger partial charge is 0.328 e. The fourth-order valence-corrected chi connectivity index (χ4v) is 2.95. The Balaban J connectivity index is 1.72. The monoisotopic (exact) mass is 237 g/mol. The average Bonchev–Trinajstić information content (AvgIpc) is 2.76. The summed E-state index contributed by atoms with van der Waals surface area (Å²) in [5.41, 5.74) is 7.26. The van der Waals surface area contributed by atoms with Crippen molar-refractivity contribution in [2.75, 3.05) is 32.7 Å². The van der Waals surface area contributed by atoms with Gasteiger partial charge in [-0.15, -0.1) is 6.58 Å². The molecule has 2 saturated heterocycles. The maximum Gasteiger partial charge on any atom is 0.0235 e. The van der Waals surface area contributed by atoms with E-state index < -0.39 is 0 Å². The summed E-state index contributed by atoms with van der Waals surface area (Å²) in [4.78, 5) is 5.25. The summed E-state index contributed by atoms with van der Waals surface area (Å²) >= 11 is 0. The van der Waals surface area contributed by atoms with Crippen molar-refractivity contribution in [3.8, 4) is 0 Å². The molecule has 2 heterocycles. The van der Waals surface area contributed by atoms with Gasteiger partial charge in [0.25, 0.3) is 0 Å². The quantitative estimate of drug-likeness (QED) is 0.751. The van der Waals surface area contributed by atoms with Crippen molar-refractivity contribution in [3.63, 3.8) is 0 Å². The van der Waals surface area contributed by atoms with E-state index in [2.05, 4.69) is 23.3 Å². The van der Waals surface area contributed by atoms with Gasteiger partial charge in [-0.25, -0.2) is 0 Å². The van der Waals surface area contributed by atoms with Gasteiger partial charge in [-0.05, 0) is 52.2 Å². The predicted molar refractivity (Wildman–Crippen MR) is 73.1 cm³/mol. The van der Waals surface area contributed by atoms with Crippen LogP contribution in [0.4, 0.5) is 0 Å². The Kier molecular flexibility index (Phi) is 4.60. The molecule has 2 rings (SSSR count). The molecule has 0 radical (unpaired) electrons. The minimum atomic E-state index is 0.451. The van der Waals surface area contributed by atoms with Crippen molar-refractivity contribution in [1.29, 1.82) is 0 Å². The predicted octanol–water partition coefficient (Wildman–Crippen LogP) is 1.45. The van der Waals surface area contributed by atoms with Gasteiger partial charge < -0.3 is 10.6 Å². The second-order valence-corrected chi connectivity index (χ2v) is 5.82. The third-order valence-corrected chi connectivity index (χ3v) is 4.19. The van der Waals surface area contributed by atoms with Crippen LogP contribution in [0.2, 0.25) is 0 Å². The fourth-order valence-electron chi connectivity index (χ4n) is 2.95. The van der Waals surface area contributed by atoms with Gasteiger partial charge in [0, 0.05) is 25.2 Å². The molecule has 98 valence electrons. The van der Waals surface area contributed by atoms with Crippen LogP contribution in [0.3, 0.4) is 0 Å². The van der Waals surface area contributed by atoms with E-state index in [-0.39, 0.29) is 0 Å². The maximum atomic E-state index is 5.96. The molecule has 0 aromatic rings. The lowest BCUT2D eigenvalue weighted by atomic mass is 10.0. The van der Waals surface area contributed by atoms with Crippen LogP contribution in [-0.2, 0) is 0 Å². The summed E-state index contributed by atoms with van der Waals surface area (Å²) in [6.45, 7) is 12.2. The molecule has 3 heteroatoms. The molecule has 3 nitrogen and oxygen atoms in total. The molecule has 17 heavy (non-hydrogen) atoms. The van der Waals surface area contributed by atoms with E-state index in [9.17, 15) is 0 Å². The molecule has 0 amide bonds. The smallest absolute Gasteiger partial charge is 0.0235 e. The third kappa shape index (κ3) is 3.80. The van der Waals surface area contributed by atoms with Crippen LogP contribution in [0.1, 0.15) is 32.6 Å². The Morgan fingerprint density at radius 1 is 1.24 bits per heavy atom. The first kappa shape index (κ1) is 13.1. The number of rotatable bonds is 4. The third-order valence-electron chi connectivity index (χ3n) is 4.19. The summed E-state index contributed by atoms with van der Waals surface area (Å²) in [6.07, 6.45) is 4.85. The second-order valence-electron chi connectivity index (χ2n) is 5.82. The van der Waals surface area contributed by atoms with E-state index in [4.69, 9.17) is 5.73 Å². The van der Waals surface area contributed by atoms with Crippen molar-refractivity contribution >= 4 is 0 Å². The van der Waals surface area contributed by atoms with Gasteiger partial charge in [-0.1, -0.05) is 5.57 Å². The van der Waals surface area contributed by atoms with Crippen molar-refractivity contribution in [1.82, 2.24) is 9.80 Å². The lowest BCUT2D eigenvalue weighted by molar-refractivity contribution is 0.152. The highest BCUT2D eigenvalue weighted by Gasteiger charge is 2.29. The molecule has 2 aliphatic rings. The Morgan fingerprint density at radius 3 is 2.59 bits per heavy atom. The second kappa shape index (κ2) is 5.98. The molecular weight excluding hydrogens is 210 g/mol. The Bertz CT molecular complexity index is 256. The first-order valence-electron chi connectivity index (χ1n) is 7.01. The Morgan fingerprint density at radius 2 is 1.94 bits per heavy atom. The zero-order valence-electron chi connectivity index (χ0n) is 11.2. The highest BCUT2D eigenvalue weighted by molar-refractivity contribution is 4.91. The molecule has 0 aliphatic carbocycles. The Labute approximate surface area is 106 Å². The maximum absolute atomic E-state index is 5.96. The first-order chi connectivity index (χ1) is 8.15. The average molecular weight is 237 g/mol. The standard InChI is InChI=1S/C14H27N3/c1-12(2)3-7-16-8-6-14(11-16)17-9-4-13(15)5-10-17/h13-14H,1,3-11,15H2,2H3. The molecule has 2 aliphatic heterocycles. The normalized spacial score (nSPS) is 28.7. The number of nitrogens with two attached hydrogens (primary N) is 1. The number of piperidine rings is 1. The molecule has 0 aromatic heterocycles. The van der Waals surface area contributed by atoms with Crippen LogP contribution in [0.25, 0.3) is 0 Å². The van der Waals surface area contributed by atoms with E-state index in [0.29, 0.717) is 6.04 Å². The lowest BCUT2D eigenvalue weighted by Gasteiger charge is -2.34. The van der Waals surface area contributed by atoms with Gasteiger partial charge in [0.2, 0.25) is 0 Å². The van der Waals surface area contributed by atoms with Crippen LogP contribution < -0.4 is 5.73 Å². The van der Waals surface area contributed by atoms with Gasteiger partial charge in [0.05, 0.1) is 0 Å². The molecular formula is C14H27N3. The van der Waals surface area contributed by atoms with Crippen molar-refractivity contribution in [2.24, 2.45) is 5.73 Å². The Hall–Kier alpha value is -0.380. The van der Waals surface area contributed by atoms with E-state index in [1.165, 1.54) is 57.6 Å². The van der Waals surface area contributed by atoms with E-state index in [1.807, 2.05) is 0 Å². The molecule has 1 unspecified atom stereocenters. The fraction of sp³-hybridized carbons (Fsp3) is 0.857. The summed E-state index contributed by atoms with van der Waals surface area (Å²) in [7, 11) is 0. The topological polar surface area (TPSA) is 32.5 Å². The van der Waals surface area contributed by atoms with Crippen molar-refractivity contribution < 1.29 is 0 Å². The molecule has 2 N–H and O–H groups in total. The number of likely N-dealkylation sites (tertiary alicyclic amines) is 2. The molecule has 1 atom stereocenters. The molecule has 0 spiro atoms. The summed E-state index contributed by atoms with van der Waals surface area (Å²) in [5.74, 6) is 0. The van der Waals surface area contributed by atoms with Gasteiger partial charge >= 0.3 is 0 Å². The summed E-state index contributed by atoms with van der Waals surface area (Å²) < 4.78 is 0. The van der Waals surface area contributed by atoms with E-state index in [0.717, 1.165) is 12.5 Å². The van der Waals surface area contributed by atoms with Crippen molar-refractivity contribution in [2.45, 2.75) is 44.7 Å². The van der Waals surface area contributed by atoms with Gasteiger partial charge in [0.1, 0.15) is 0 Å². The van der Waals surface area contributed by atoms with Crippen LogP contribution in [0.5, 0.6) is 0 Å². The molecule has 0 saturated carbocycles. The highest BCUT2D eigenvalue weighted by Crippen LogP contribution is 2.20. The van der Waals surface area contributed by atoms with Crippen LogP contribution in [-0.4, -0.2) is 54.6 Å². The number of hydrogen-bond acceptors (Lipinski definition) is 3. The minimum Gasteiger partial charge on any atom is -0.328 e. The van der Waals surface area contributed by atoms with Crippen LogP contribution in [0.15, 0.2) is 12.2 Å². The SMILES string of the molecule is C=C(C)CCN1CCC(N2CCC(N)CC2)C1. The molecule has 2 fully saturated rings. The van der Waals surface area contributed by atoms with Gasteiger partial charge in [-0.3, -0.25) is 4.90 Å². The summed E-state index contributed by atoms with van der Waals surface area (Å²) in [6, 6.07) is 1.24. The molecule has 0 bridgehead atoms. The first-order valence-corrected chi connectivity index (χ1v) is 7.01. The van der Waals surface area contributed by atoms with Gasteiger partial charge in [0.15, 0.2) is 0 Å².